The van der Waals surface area contributed by atoms with Crippen LogP contribution in [0.25, 0.3) is 5.57 Å². The topological polar surface area (TPSA) is 37.3 Å². The molecule has 0 saturated carbocycles. The van der Waals surface area contributed by atoms with Crippen molar-refractivity contribution in [3.63, 3.8) is 0 Å². The first-order chi connectivity index (χ1) is 9.72. The largest absolute Gasteiger partial charge is 0.478 e. The zero-order valence-corrected chi connectivity index (χ0v) is 11.1. The molecule has 98 valence electrons. The predicted molar refractivity (Wildman–Crippen MR) is 80.2 cm³/mol. The lowest BCUT2D eigenvalue weighted by Crippen LogP contribution is -2.01. The maximum atomic E-state index is 11.2. The van der Waals surface area contributed by atoms with E-state index in [1.165, 1.54) is 0 Å². The summed E-state index contributed by atoms with van der Waals surface area (Å²) >= 11 is 0. The van der Waals surface area contributed by atoms with E-state index < -0.39 is 5.97 Å². The molecule has 2 aromatic carbocycles. The Morgan fingerprint density at radius 1 is 1.00 bits per heavy atom. The number of aliphatic carboxylic acids is 1. The van der Waals surface area contributed by atoms with E-state index >= 15 is 0 Å². The van der Waals surface area contributed by atoms with E-state index in [0.717, 1.165) is 5.56 Å². The van der Waals surface area contributed by atoms with Crippen molar-refractivity contribution in [2.45, 2.75) is 6.92 Å². The molecule has 0 aliphatic rings. The van der Waals surface area contributed by atoms with Crippen LogP contribution in [-0.4, -0.2) is 11.1 Å². The van der Waals surface area contributed by atoms with Gasteiger partial charge in [-0.2, -0.15) is 0 Å². The fourth-order valence-electron chi connectivity index (χ4n) is 1.88. The third-order valence-electron chi connectivity index (χ3n) is 2.85. The fraction of sp³-hybridized carbons (Fsp3) is 0.0556. The minimum atomic E-state index is -0.943. The first-order valence-corrected chi connectivity index (χ1v) is 6.28. The highest BCUT2D eigenvalue weighted by Crippen LogP contribution is 2.19. The molecule has 20 heavy (non-hydrogen) atoms. The highest BCUT2D eigenvalue weighted by atomic mass is 16.4. The predicted octanol–water partition coefficient (Wildman–Crippen LogP) is 3.57. The summed E-state index contributed by atoms with van der Waals surface area (Å²) in [5.41, 5.74) is 2.53. The van der Waals surface area contributed by atoms with E-state index in [1.807, 2.05) is 48.5 Å². The molecule has 0 aliphatic heterocycles. The van der Waals surface area contributed by atoms with Gasteiger partial charge in [0.05, 0.1) is 5.57 Å². The number of rotatable bonds is 2. The molecule has 2 heteroatoms. The van der Waals surface area contributed by atoms with Crippen molar-refractivity contribution in [2.75, 3.05) is 0 Å². The molecule has 2 rings (SSSR count). The molecule has 0 amide bonds. The molecule has 0 fully saturated rings. The van der Waals surface area contributed by atoms with Crippen molar-refractivity contribution in [1.29, 1.82) is 0 Å². The zero-order valence-electron chi connectivity index (χ0n) is 11.1. The summed E-state index contributed by atoms with van der Waals surface area (Å²) in [6.07, 6.45) is 1.59. The molecule has 0 saturated heterocycles. The van der Waals surface area contributed by atoms with Gasteiger partial charge in [-0.25, -0.2) is 4.79 Å². The second-order valence-corrected chi connectivity index (χ2v) is 4.17. The highest BCUT2D eigenvalue weighted by Gasteiger charge is 2.11. The van der Waals surface area contributed by atoms with E-state index in [2.05, 4.69) is 11.8 Å². The third kappa shape index (κ3) is 3.15. The summed E-state index contributed by atoms with van der Waals surface area (Å²) in [4.78, 5) is 11.2. The van der Waals surface area contributed by atoms with Crippen LogP contribution < -0.4 is 0 Å². The first kappa shape index (κ1) is 13.6. The van der Waals surface area contributed by atoms with Crippen LogP contribution in [0.3, 0.4) is 0 Å². The van der Waals surface area contributed by atoms with Crippen molar-refractivity contribution >= 4 is 11.5 Å². The van der Waals surface area contributed by atoms with Gasteiger partial charge in [-0.05, 0) is 25.1 Å². The van der Waals surface area contributed by atoms with Crippen molar-refractivity contribution in [3.05, 3.63) is 77.4 Å². The first-order valence-electron chi connectivity index (χ1n) is 6.28. The maximum absolute atomic E-state index is 11.2. The summed E-state index contributed by atoms with van der Waals surface area (Å²) < 4.78 is 0. The zero-order chi connectivity index (χ0) is 14.4. The molecule has 0 atom stereocenters. The molecule has 0 aromatic heterocycles. The number of carboxylic acids is 1. The maximum Gasteiger partial charge on any atom is 0.336 e. The normalized spacial score (nSPS) is 10.6. The van der Waals surface area contributed by atoms with Gasteiger partial charge in [0.1, 0.15) is 0 Å². The molecule has 0 spiro atoms. The fourth-order valence-corrected chi connectivity index (χ4v) is 1.88. The molecule has 2 nitrogen and oxygen atoms in total. The molecule has 0 heterocycles. The van der Waals surface area contributed by atoms with Gasteiger partial charge >= 0.3 is 5.97 Å². The van der Waals surface area contributed by atoms with Gasteiger partial charge < -0.3 is 5.11 Å². The van der Waals surface area contributed by atoms with Crippen LogP contribution >= 0.6 is 0 Å². The summed E-state index contributed by atoms with van der Waals surface area (Å²) in [7, 11) is 0. The van der Waals surface area contributed by atoms with Crippen LogP contribution in [0.2, 0.25) is 0 Å². The Labute approximate surface area is 118 Å². The van der Waals surface area contributed by atoms with Crippen molar-refractivity contribution in [1.82, 2.24) is 0 Å². The number of hydrogen-bond acceptors (Lipinski definition) is 1. The Morgan fingerprint density at radius 3 is 2.30 bits per heavy atom. The average Bonchev–Trinajstić information content (AvgIpc) is 2.48. The number of carboxylic acid groups (broad SMARTS) is 1. The van der Waals surface area contributed by atoms with Crippen molar-refractivity contribution in [3.8, 4) is 11.8 Å². The number of allylic oxidation sites excluding steroid dienone is 1. The minimum Gasteiger partial charge on any atom is -0.478 e. The van der Waals surface area contributed by atoms with Gasteiger partial charge in [0.25, 0.3) is 0 Å². The molecule has 0 bridgehead atoms. The van der Waals surface area contributed by atoms with E-state index in [-0.39, 0.29) is 5.57 Å². The second-order valence-electron chi connectivity index (χ2n) is 4.17. The van der Waals surface area contributed by atoms with Gasteiger partial charge in [-0.1, -0.05) is 54.3 Å². The Morgan fingerprint density at radius 2 is 1.65 bits per heavy atom. The summed E-state index contributed by atoms with van der Waals surface area (Å²) in [5, 5.41) is 9.22. The quantitative estimate of drug-likeness (QED) is 0.663. The van der Waals surface area contributed by atoms with Crippen LogP contribution in [0.1, 0.15) is 23.6 Å². The van der Waals surface area contributed by atoms with E-state index in [0.29, 0.717) is 11.1 Å². The lowest BCUT2D eigenvalue weighted by molar-refractivity contribution is -0.130. The molecular weight excluding hydrogens is 248 g/mol. The van der Waals surface area contributed by atoms with E-state index in [9.17, 15) is 9.90 Å². The number of hydrogen-bond donors (Lipinski definition) is 1. The SMILES string of the molecule is CC=C(C(=O)O)c1ccccc1C#Cc1ccccc1. The van der Waals surface area contributed by atoms with Crippen molar-refractivity contribution in [2.24, 2.45) is 0 Å². The molecule has 0 unspecified atom stereocenters. The monoisotopic (exact) mass is 262 g/mol. The summed E-state index contributed by atoms with van der Waals surface area (Å²) in [5.74, 6) is 5.15. The van der Waals surface area contributed by atoms with Crippen LogP contribution in [0.15, 0.2) is 60.7 Å². The minimum absolute atomic E-state index is 0.267. The second kappa shape index (κ2) is 6.40. The van der Waals surface area contributed by atoms with E-state index in [4.69, 9.17) is 0 Å². The lowest BCUT2D eigenvalue weighted by atomic mass is 9.99. The van der Waals surface area contributed by atoms with Crippen LogP contribution in [0.5, 0.6) is 0 Å². The van der Waals surface area contributed by atoms with Gasteiger partial charge in [-0.15, -0.1) is 0 Å². The molecule has 0 radical (unpaired) electrons. The lowest BCUT2D eigenvalue weighted by Gasteiger charge is -2.04. The van der Waals surface area contributed by atoms with Gasteiger partial charge in [0, 0.05) is 16.7 Å². The number of carbonyl (C=O) groups is 1. The van der Waals surface area contributed by atoms with E-state index in [1.54, 1.807) is 19.1 Å². The van der Waals surface area contributed by atoms with Crippen molar-refractivity contribution < 1.29 is 9.90 Å². The third-order valence-corrected chi connectivity index (χ3v) is 2.85. The van der Waals surface area contributed by atoms with Crippen LogP contribution in [0.4, 0.5) is 0 Å². The summed E-state index contributed by atoms with van der Waals surface area (Å²) in [6, 6.07) is 16.9. The number of benzene rings is 2. The molecule has 0 aliphatic carbocycles. The molecule has 1 N–H and O–H groups in total. The average molecular weight is 262 g/mol. The molecular formula is C18H14O2. The Bertz CT molecular complexity index is 701. The molecule has 2 aromatic rings. The highest BCUT2D eigenvalue weighted by molar-refractivity contribution is 6.16. The standard InChI is InChI=1S/C18H14O2/c1-2-16(18(19)20)17-11-7-6-10-15(17)13-12-14-8-4-3-5-9-14/h2-11H,1H3,(H,19,20). The Balaban J connectivity index is 2.44. The Kier molecular flexibility index (Phi) is 4.36. The van der Waals surface area contributed by atoms with Gasteiger partial charge in [-0.3, -0.25) is 0 Å². The summed E-state index contributed by atoms with van der Waals surface area (Å²) in [6.45, 7) is 1.71. The van der Waals surface area contributed by atoms with Gasteiger partial charge in [0.15, 0.2) is 0 Å². The smallest absolute Gasteiger partial charge is 0.336 e. The Hall–Kier alpha value is -2.79. The van der Waals surface area contributed by atoms with Crippen LogP contribution in [0, 0.1) is 11.8 Å². The van der Waals surface area contributed by atoms with Crippen LogP contribution in [-0.2, 0) is 4.79 Å². The van der Waals surface area contributed by atoms with Gasteiger partial charge in [0.2, 0.25) is 0 Å².